The van der Waals surface area contributed by atoms with Crippen molar-refractivity contribution in [3.05, 3.63) is 63.9 Å². The van der Waals surface area contributed by atoms with E-state index in [1.807, 2.05) is 26.1 Å². The first-order chi connectivity index (χ1) is 16.0. The molecule has 1 saturated heterocycles. The molecular formula is C26H29N5OS. The van der Waals surface area contributed by atoms with Crippen LogP contribution in [0.4, 0.5) is 11.5 Å². The van der Waals surface area contributed by atoms with E-state index in [9.17, 15) is 4.79 Å². The average molecular weight is 460 g/mol. The van der Waals surface area contributed by atoms with E-state index in [-0.39, 0.29) is 0 Å². The second-order valence-electron chi connectivity index (χ2n) is 8.94. The first kappa shape index (κ1) is 21.8. The summed E-state index contributed by atoms with van der Waals surface area (Å²) in [6.07, 6.45) is 7.16. The van der Waals surface area contributed by atoms with Crippen molar-refractivity contribution in [1.29, 1.82) is 0 Å². The van der Waals surface area contributed by atoms with Crippen LogP contribution in [0.5, 0.6) is 0 Å². The Labute approximate surface area is 198 Å². The van der Waals surface area contributed by atoms with Gasteiger partial charge in [-0.25, -0.2) is 9.97 Å². The second-order valence-corrected chi connectivity index (χ2v) is 10.1. The Morgan fingerprint density at radius 3 is 2.58 bits per heavy atom. The van der Waals surface area contributed by atoms with Gasteiger partial charge in [0.05, 0.1) is 21.3 Å². The van der Waals surface area contributed by atoms with Gasteiger partial charge in [-0.15, -0.1) is 11.3 Å². The lowest BCUT2D eigenvalue weighted by molar-refractivity contribution is -0.109. The molecule has 5 rings (SSSR count). The lowest BCUT2D eigenvalue weighted by Gasteiger charge is -2.29. The molecule has 2 aliphatic heterocycles. The fourth-order valence-electron chi connectivity index (χ4n) is 4.77. The monoisotopic (exact) mass is 459 g/mol. The van der Waals surface area contributed by atoms with Crippen LogP contribution in [0, 0.1) is 13.8 Å². The second kappa shape index (κ2) is 9.08. The van der Waals surface area contributed by atoms with Crippen LogP contribution in [-0.4, -0.2) is 41.3 Å². The molecule has 1 unspecified atom stereocenters. The minimum absolute atomic E-state index is 0.433. The summed E-state index contributed by atoms with van der Waals surface area (Å²) in [6.45, 7) is 6.33. The molecule has 0 radical (unpaired) electrons. The molecule has 0 bridgehead atoms. The maximum absolute atomic E-state index is 11.8. The number of aromatic nitrogens is 2. The first-order valence-corrected chi connectivity index (χ1v) is 12.3. The normalized spacial score (nSPS) is 18.6. The minimum Gasteiger partial charge on any atom is -0.378 e. The zero-order chi connectivity index (χ0) is 22.9. The number of pyridine rings is 1. The van der Waals surface area contributed by atoms with Crippen molar-refractivity contribution in [1.82, 2.24) is 20.2 Å². The Kier molecular flexibility index (Phi) is 6.00. The smallest absolute Gasteiger partial charge is 0.146 e. The van der Waals surface area contributed by atoms with E-state index in [0.29, 0.717) is 11.7 Å². The Morgan fingerprint density at radius 2 is 1.91 bits per heavy atom. The highest BCUT2D eigenvalue weighted by atomic mass is 32.1. The molecule has 0 aliphatic carbocycles. The van der Waals surface area contributed by atoms with Gasteiger partial charge in [-0.05, 0) is 94.3 Å². The van der Waals surface area contributed by atoms with Gasteiger partial charge < -0.3 is 20.3 Å². The molecular weight excluding hydrogens is 430 g/mol. The summed E-state index contributed by atoms with van der Waals surface area (Å²) in [4.78, 5) is 24.8. The zero-order valence-electron chi connectivity index (χ0n) is 19.3. The summed E-state index contributed by atoms with van der Waals surface area (Å²) in [5, 5.41) is 7.66. The number of piperidine rings is 1. The third kappa shape index (κ3) is 4.43. The summed E-state index contributed by atoms with van der Waals surface area (Å²) < 4.78 is 0. The Balaban J connectivity index is 1.49. The van der Waals surface area contributed by atoms with Crippen molar-refractivity contribution in [2.45, 2.75) is 38.6 Å². The topological polar surface area (TPSA) is 70.2 Å². The molecule has 2 aliphatic rings. The van der Waals surface area contributed by atoms with Crippen LogP contribution < -0.4 is 10.6 Å². The number of carbonyl (C=O) groups excluding carboxylic acids is 1. The van der Waals surface area contributed by atoms with Crippen molar-refractivity contribution < 1.29 is 4.79 Å². The van der Waals surface area contributed by atoms with Crippen LogP contribution in [0.3, 0.4) is 0 Å². The highest BCUT2D eigenvalue weighted by molar-refractivity contribution is 7.15. The van der Waals surface area contributed by atoms with Crippen LogP contribution in [0.15, 0.2) is 36.5 Å². The summed E-state index contributed by atoms with van der Waals surface area (Å²) >= 11 is 1.64. The highest BCUT2D eigenvalue weighted by Gasteiger charge is 2.24. The predicted octanol–water partition coefficient (Wildman–Crippen LogP) is 5.19. The molecule has 7 heteroatoms. The largest absolute Gasteiger partial charge is 0.378 e. The molecule has 1 aromatic carbocycles. The summed E-state index contributed by atoms with van der Waals surface area (Å²) in [5.74, 6) is 1.32. The number of hydrogen-bond donors (Lipinski definition) is 2. The third-order valence-corrected chi connectivity index (χ3v) is 7.67. The Hall–Kier alpha value is -3.03. The number of likely N-dealkylation sites (tertiary alicyclic amines) is 1. The summed E-state index contributed by atoms with van der Waals surface area (Å²) in [7, 11) is 2.19. The summed E-state index contributed by atoms with van der Waals surface area (Å²) in [5.41, 5.74) is 6.07. The molecule has 0 amide bonds. The fourth-order valence-corrected chi connectivity index (χ4v) is 5.65. The number of nitrogens with one attached hydrogen (secondary N) is 2. The lowest BCUT2D eigenvalue weighted by Crippen LogP contribution is -2.29. The molecule has 4 heterocycles. The Morgan fingerprint density at radius 1 is 1.15 bits per heavy atom. The Bertz CT molecular complexity index is 1190. The number of rotatable bonds is 5. The molecule has 33 heavy (non-hydrogen) atoms. The van der Waals surface area contributed by atoms with Gasteiger partial charge in [-0.3, -0.25) is 0 Å². The van der Waals surface area contributed by atoms with Gasteiger partial charge in [-0.1, -0.05) is 12.1 Å². The molecule has 1 atom stereocenters. The minimum atomic E-state index is -0.433. The van der Waals surface area contributed by atoms with Gasteiger partial charge in [0.15, 0.2) is 0 Å². The maximum atomic E-state index is 11.8. The van der Waals surface area contributed by atoms with Crippen molar-refractivity contribution in [2.75, 3.05) is 25.5 Å². The molecule has 2 N–H and O–H groups in total. The van der Waals surface area contributed by atoms with Gasteiger partial charge in [0.1, 0.15) is 18.1 Å². The van der Waals surface area contributed by atoms with Crippen LogP contribution in [0.2, 0.25) is 0 Å². The molecule has 0 spiro atoms. The lowest BCUT2D eigenvalue weighted by atomic mass is 9.89. The van der Waals surface area contributed by atoms with Crippen LogP contribution in [-0.2, 0) is 4.79 Å². The SMILES string of the molecule is Cc1nc(C)c(-c2cc3c(c(Nc4ccc(C5CCN(C)CC5)cc4)n2)C(C=O)NC=C3)s1. The van der Waals surface area contributed by atoms with E-state index in [1.165, 1.54) is 18.4 Å². The van der Waals surface area contributed by atoms with Crippen molar-refractivity contribution in [3.8, 4) is 10.6 Å². The van der Waals surface area contributed by atoms with Crippen molar-refractivity contribution >= 4 is 35.2 Å². The summed E-state index contributed by atoms with van der Waals surface area (Å²) in [6, 6.07) is 10.3. The first-order valence-electron chi connectivity index (χ1n) is 11.4. The number of aryl methyl sites for hydroxylation is 2. The average Bonchev–Trinajstić information content (AvgIpc) is 3.17. The van der Waals surface area contributed by atoms with Gasteiger partial charge >= 0.3 is 0 Å². The quantitative estimate of drug-likeness (QED) is 0.512. The highest BCUT2D eigenvalue weighted by Crippen LogP contribution is 2.37. The van der Waals surface area contributed by atoms with E-state index >= 15 is 0 Å². The number of fused-ring (bicyclic) bond motifs is 1. The van der Waals surface area contributed by atoms with E-state index in [0.717, 1.165) is 57.5 Å². The van der Waals surface area contributed by atoms with Crippen LogP contribution >= 0.6 is 11.3 Å². The van der Waals surface area contributed by atoms with Crippen LogP contribution in [0.25, 0.3) is 16.6 Å². The zero-order valence-corrected chi connectivity index (χ0v) is 20.1. The van der Waals surface area contributed by atoms with Crippen molar-refractivity contribution in [2.24, 2.45) is 0 Å². The molecule has 2 aromatic heterocycles. The number of hydrogen-bond acceptors (Lipinski definition) is 7. The van der Waals surface area contributed by atoms with Gasteiger partial charge in [-0.2, -0.15) is 0 Å². The maximum Gasteiger partial charge on any atom is 0.146 e. The van der Waals surface area contributed by atoms with Gasteiger partial charge in [0, 0.05) is 11.3 Å². The third-order valence-electron chi connectivity index (χ3n) is 6.58. The predicted molar refractivity (Wildman–Crippen MR) is 135 cm³/mol. The van der Waals surface area contributed by atoms with E-state index in [1.54, 1.807) is 11.3 Å². The van der Waals surface area contributed by atoms with Crippen molar-refractivity contribution in [3.63, 3.8) is 0 Å². The standard InChI is InChI=1S/C26H29N5OS/c1-16-25(33-17(2)28-16)22-14-20-8-11-27-23(15-32)24(20)26(30-22)29-21-6-4-18(5-7-21)19-9-12-31(3)13-10-19/h4-8,11,14-15,19,23,27H,9-10,12-13H2,1-3H3,(H,29,30). The number of thiazole rings is 1. The number of nitrogens with zero attached hydrogens (tertiary/aromatic N) is 3. The fraction of sp³-hybridized carbons (Fsp3) is 0.346. The molecule has 1 fully saturated rings. The van der Waals surface area contributed by atoms with E-state index < -0.39 is 6.04 Å². The number of aldehydes is 1. The van der Waals surface area contributed by atoms with Crippen LogP contribution in [0.1, 0.15) is 52.2 Å². The molecule has 0 saturated carbocycles. The van der Waals surface area contributed by atoms with Gasteiger partial charge in [0.2, 0.25) is 0 Å². The van der Waals surface area contributed by atoms with E-state index in [4.69, 9.17) is 4.98 Å². The molecule has 170 valence electrons. The van der Waals surface area contributed by atoms with E-state index in [2.05, 4.69) is 57.9 Å². The number of carbonyl (C=O) groups is 1. The number of anilines is 2. The molecule has 6 nitrogen and oxygen atoms in total. The number of benzene rings is 1. The van der Waals surface area contributed by atoms with Gasteiger partial charge in [0.25, 0.3) is 0 Å². The molecule has 3 aromatic rings.